The quantitative estimate of drug-likeness (QED) is 0.590. The molecule has 2 heterocycles. The van der Waals surface area contributed by atoms with Gasteiger partial charge in [-0.05, 0) is 35.9 Å². The highest BCUT2D eigenvalue weighted by molar-refractivity contribution is 7.99. The van der Waals surface area contributed by atoms with Crippen LogP contribution < -0.4 is 5.69 Å². The molecule has 3 rings (SSSR count). The third kappa shape index (κ3) is 2.79. The van der Waals surface area contributed by atoms with Gasteiger partial charge in [0.25, 0.3) is 0 Å². The van der Waals surface area contributed by atoms with Gasteiger partial charge in [-0.15, -0.1) is 5.10 Å². The number of nitrogens with one attached hydrogen (secondary N) is 1. The van der Waals surface area contributed by atoms with Crippen LogP contribution in [0.5, 0.6) is 0 Å². The van der Waals surface area contributed by atoms with Gasteiger partial charge in [0.1, 0.15) is 5.03 Å². The van der Waals surface area contributed by atoms with E-state index in [2.05, 4.69) is 20.2 Å². The van der Waals surface area contributed by atoms with Gasteiger partial charge in [0.15, 0.2) is 5.16 Å². The van der Waals surface area contributed by atoms with Crippen LogP contribution in [-0.4, -0.2) is 24.7 Å². The molecule has 0 bridgehead atoms. The second kappa shape index (κ2) is 5.87. The van der Waals surface area contributed by atoms with Crippen LogP contribution in [-0.2, 0) is 6.54 Å². The zero-order chi connectivity index (χ0) is 14.8. The molecular weight excluding hydrogens is 310 g/mol. The lowest BCUT2D eigenvalue weighted by atomic mass is 10.2. The van der Waals surface area contributed by atoms with Gasteiger partial charge in [0.05, 0.1) is 5.52 Å². The first-order valence-corrected chi connectivity index (χ1v) is 7.64. The van der Waals surface area contributed by atoms with Crippen LogP contribution in [0.25, 0.3) is 10.9 Å². The van der Waals surface area contributed by atoms with Crippen LogP contribution in [0, 0.1) is 0 Å². The summed E-state index contributed by atoms with van der Waals surface area (Å²) in [5.41, 5.74) is 0.545. The van der Waals surface area contributed by atoms with Crippen LogP contribution in [0.15, 0.2) is 39.2 Å². The minimum atomic E-state index is -0.219. The molecule has 2 aromatic heterocycles. The Morgan fingerprint density at radius 3 is 2.95 bits per heavy atom. The monoisotopic (exact) mass is 321 g/mol. The number of rotatable bonds is 4. The Kier molecular flexibility index (Phi) is 3.94. The number of aromatic nitrogens is 5. The van der Waals surface area contributed by atoms with E-state index in [0.29, 0.717) is 16.7 Å². The number of aromatic amines is 1. The molecule has 6 nitrogen and oxygen atoms in total. The van der Waals surface area contributed by atoms with Gasteiger partial charge < -0.3 is 0 Å². The molecule has 0 fully saturated rings. The maximum absolute atomic E-state index is 11.7. The van der Waals surface area contributed by atoms with Crippen molar-refractivity contribution < 1.29 is 0 Å². The number of hydrogen-bond acceptors (Lipinski definition) is 5. The van der Waals surface area contributed by atoms with Crippen molar-refractivity contribution in [1.82, 2.24) is 24.7 Å². The van der Waals surface area contributed by atoms with Crippen molar-refractivity contribution in [2.45, 2.75) is 30.1 Å². The molecule has 3 aromatic rings. The van der Waals surface area contributed by atoms with Crippen LogP contribution in [0.1, 0.15) is 13.3 Å². The van der Waals surface area contributed by atoms with Crippen molar-refractivity contribution in [2.24, 2.45) is 0 Å². The smallest absolute Gasteiger partial charge is 0.270 e. The Labute approximate surface area is 129 Å². The number of benzene rings is 1. The minimum Gasteiger partial charge on any atom is -0.270 e. The average molecular weight is 322 g/mol. The highest BCUT2D eigenvalue weighted by Crippen LogP contribution is 2.30. The van der Waals surface area contributed by atoms with Crippen molar-refractivity contribution in [3.05, 3.63) is 40.0 Å². The van der Waals surface area contributed by atoms with E-state index in [1.54, 1.807) is 4.57 Å². The molecule has 1 N–H and O–H groups in total. The second-order valence-corrected chi connectivity index (χ2v) is 5.67. The molecule has 0 saturated heterocycles. The topological polar surface area (TPSA) is 76.5 Å². The van der Waals surface area contributed by atoms with Crippen LogP contribution in [0.2, 0.25) is 5.28 Å². The number of fused-ring (bicyclic) bond motifs is 1. The van der Waals surface area contributed by atoms with E-state index in [1.807, 2.05) is 31.2 Å². The first-order chi connectivity index (χ1) is 10.2. The SMILES string of the molecule is CCCn1c(Sc2nc(Cl)nc3ccccc23)n[nH]c1=O. The van der Waals surface area contributed by atoms with E-state index in [-0.39, 0.29) is 11.0 Å². The molecular formula is C13H12ClN5OS. The Balaban J connectivity index is 2.08. The van der Waals surface area contributed by atoms with E-state index in [9.17, 15) is 4.79 Å². The lowest BCUT2D eigenvalue weighted by molar-refractivity contribution is 0.603. The third-order valence-corrected chi connectivity index (χ3v) is 4.07. The fraction of sp³-hybridized carbons (Fsp3) is 0.231. The van der Waals surface area contributed by atoms with Gasteiger partial charge >= 0.3 is 5.69 Å². The van der Waals surface area contributed by atoms with Crippen LogP contribution in [0.4, 0.5) is 0 Å². The molecule has 0 amide bonds. The Hall–Kier alpha value is -1.86. The number of H-pyrrole nitrogens is 1. The molecule has 1 aromatic carbocycles. The van der Waals surface area contributed by atoms with E-state index < -0.39 is 0 Å². The molecule has 0 radical (unpaired) electrons. The molecule has 0 aliphatic rings. The summed E-state index contributed by atoms with van der Waals surface area (Å²) in [6, 6.07) is 7.59. The predicted molar refractivity (Wildman–Crippen MR) is 81.8 cm³/mol. The highest BCUT2D eigenvalue weighted by atomic mass is 35.5. The summed E-state index contributed by atoms with van der Waals surface area (Å²) in [6.07, 6.45) is 0.846. The maximum atomic E-state index is 11.7. The summed E-state index contributed by atoms with van der Waals surface area (Å²) >= 11 is 7.27. The third-order valence-electron chi connectivity index (χ3n) is 2.90. The molecule has 108 valence electrons. The fourth-order valence-electron chi connectivity index (χ4n) is 1.99. The van der Waals surface area contributed by atoms with Crippen LogP contribution >= 0.6 is 23.4 Å². The van der Waals surface area contributed by atoms with E-state index in [4.69, 9.17) is 11.6 Å². The van der Waals surface area contributed by atoms with Gasteiger partial charge in [0.2, 0.25) is 5.28 Å². The maximum Gasteiger partial charge on any atom is 0.343 e. The van der Waals surface area contributed by atoms with Gasteiger partial charge in [0, 0.05) is 11.9 Å². The van der Waals surface area contributed by atoms with Crippen LogP contribution in [0.3, 0.4) is 0 Å². The number of halogens is 1. The van der Waals surface area contributed by atoms with Crippen molar-refractivity contribution in [2.75, 3.05) is 0 Å². The predicted octanol–water partition coefficient (Wildman–Crippen LogP) is 2.73. The molecule has 8 heteroatoms. The lowest BCUT2D eigenvalue weighted by Crippen LogP contribution is -2.17. The van der Waals surface area contributed by atoms with Crippen molar-refractivity contribution in [1.29, 1.82) is 0 Å². The number of hydrogen-bond donors (Lipinski definition) is 1. The Morgan fingerprint density at radius 1 is 1.33 bits per heavy atom. The fourth-order valence-corrected chi connectivity index (χ4v) is 3.18. The normalized spacial score (nSPS) is 11.1. The first-order valence-electron chi connectivity index (χ1n) is 6.44. The molecule has 21 heavy (non-hydrogen) atoms. The van der Waals surface area contributed by atoms with Gasteiger partial charge in [-0.1, -0.05) is 25.1 Å². The van der Waals surface area contributed by atoms with Crippen molar-refractivity contribution >= 4 is 34.3 Å². The van der Waals surface area contributed by atoms with Crippen molar-refractivity contribution in [3.63, 3.8) is 0 Å². The van der Waals surface area contributed by atoms with Gasteiger partial charge in [-0.2, -0.15) is 0 Å². The average Bonchev–Trinajstić information content (AvgIpc) is 2.80. The van der Waals surface area contributed by atoms with E-state index >= 15 is 0 Å². The second-order valence-electron chi connectivity index (χ2n) is 4.38. The summed E-state index contributed by atoms with van der Waals surface area (Å²) in [6.45, 7) is 2.61. The summed E-state index contributed by atoms with van der Waals surface area (Å²) in [4.78, 5) is 20.2. The van der Waals surface area contributed by atoms with Gasteiger partial charge in [-0.3, -0.25) is 4.57 Å². The number of nitrogens with zero attached hydrogens (tertiary/aromatic N) is 4. The van der Waals surface area contributed by atoms with Crippen molar-refractivity contribution in [3.8, 4) is 0 Å². The Bertz CT molecular complexity index is 844. The zero-order valence-corrected chi connectivity index (χ0v) is 12.8. The summed E-state index contributed by atoms with van der Waals surface area (Å²) < 4.78 is 1.59. The largest absolute Gasteiger partial charge is 0.343 e. The number of para-hydroxylation sites is 1. The molecule has 0 spiro atoms. The summed E-state index contributed by atoms with van der Waals surface area (Å²) in [5.74, 6) is 0. The molecule has 0 aliphatic carbocycles. The Morgan fingerprint density at radius 2 is 2.14 bits per heavy atom. The standard InChI is InChI=1S/C13H12ClN5OS/c1-2-7-19-12(20)17-18-13(19)21-10-8-5-3-4-6-9(8)15-11(14)16-10/h3-6H,2,7H2,1H3,(H,17,20). The van der Waals surface area contributed by atoms with Gasteiger partial charge in [-0.25, -0.2) is 19.9 Å². The first kappa shape index (κ1) is 14.1. The van der Waals surface area contributed by atoms with E-state index in [0.717, 1.165) is 17.3 Å². The minimum absolute atomic E-state index is 0.177. The zero-order valence-electron chi connectivity index (χ0n) is 11.2. The lowest BCUT2D eigenvalue weighted by Gasteiger charge is -2.06. The molecule has 0 atom stereocenters. The highest BCUT2D eigenvalue weighted by Gasteiger charge is 2.13. The summed E-state index contributed by atoms with van der Waals surface area (Å²) in [5, 5.41) is 8.83. The summed E-state index contributed by atoms with van der Waals surface area (Å²) in [7, 11) is 0. The van der Waals surface area contributed by atoms with E-state index in [1.165, 1.54) is 11.8 Å². The molecule has 0 saturated carbocycles. The molecule has 0 aliphatic heterocycles. The molecule has 0 unspecified atom stereocenters.